The first-order valence-electron chi connectivity index (χ1n) is 10.2. The average molecular weight is 388 g/mol. The van der Waals surface area contributed by atoms with Gasteiger partial charge in [-0.15, -0.1) is 0 Å². The first-order chi connectivity index (χ1) is 13.8. The maximum atomic E-state index is 4.78. The third-order valence-corrected chi connectivity index (χ3v) is 5.35. The van der Waals surface area contributed by atoms with Crippen molar-refractivity contribution in [2.45, 2.75) is 57.7 Å². The number of hydrogen-bond acceptors (Lipinski definition) is 5. The smallest absolute Gasteiger partial charge is 0.223 e. The van der Waals surface area contributed by atoms with Gasteiger partial charge in [-0.25, -0.2) is 9.97 Å². The molecule has 0 aliphatic carbocycles. The molecule has 1 fully saturated rings. The highest BCUT2D eigenvalue weighted by Gasteiger charge is 2.37. The van der Waals surface area contributed by atoms with Gasteiger partial charge in [-0.05, 0) is 63.8 Å². The van der Waals surface area contributed by atoms with E-state index in [1.54, 1.807) is 6.20 Å². The molecule has 0 bridgehead atoms. The maximum Gasteiger partial charge on any atom is 0.223 e. The van der Waals surface area contributed by atoms with Crippen molar-refractivity contribution in [3.63, 3.8) is 0 Å². The minimum Gasteiger partial charge on any atom is -0.351 e. The van der Waals surface area contributed by atoms with E-state index >= 15 is 0 Å². The van der Waals surface area contributed by atoms with Gasteiger partial charge in [0.25, 0.3) is 0 Å². The zero-order valence-corrected chi connectivity index (χ0v) is 17.6. The number of aromatic nitrogens is 3. The van der Waals surface area contributed by atoms with Gasteiger partial charge < -0.3 is 10.6 Å². The van der Waals surface area contributed by atoms with Crippen LogP contribution in [0.2, 0.25) is 0 Å². The Labute approximate surface area is 173 Å². The van der Waals surface area contributed by atoms with E-state index in [9.17, 15) is 0 Å². The zero-order chi connectivity index (χ0) is 20.5. The average Bonchev–Trinajstić information content (AvgIpc) is 2.66. The Bertz CT molecular complexity index is 948. The third kappa shape index (κ3) is 4.80. The van der Waals surface area contributed by atoms with E-state index in [4.69, 9.17) is 4.98 Å². The van der Waals surface area contributed by atoms with Crippen LogP contribution in [0.4, 0.5) is 5.95 Å². The van der Waals surface area contributed by atoms with Crippen molar-refractivity contribution in [3.05, 3.63) is 61.1 Å². The van der Waals surface area contributed by atoms with Gasteiger partial charge in [0.15, 0.2) is 0 Å². The van der Waals surface area contributed by atoms with Crippen LogP contribution >= 0.6 is 0 Å². The monoisotopic (exact) mass is 387 g/mol. The van der Waals surface area contributed by atoms with E-state index in [0.717, 1.165) is 35.2 Å². The standard InChI is InChI=1S/C24H29N5/c1-23(2)14-20(15-24(3,4)29-23)27-22-26-13-11-21(28-22)18-9-7-17(8-10-18)19-6-5-12-25-16-19/h5-13,16,20,29H,14-15H2,1-4H3,(H,26,27,28). The quantitative estimate of drug-likeness (QED) is 0.665. The molecule has 0 unspecified atom stereocenters. The molecule has 2 N–H and O–H groups in total. The largest absolute Gasteiger partial charge is 0.351 e. The summed E-state index contributed by atoms with van der Waals surface area (Å²) in [5, 5.41) is 7.29. The summed E-state index contributed by atoms with van der Waals surface area (Å²) in [6.45, 7) is 9.01. The van der Waals surface area contributed by atoms with E-state index in [0.29, 0.717) is 12.0 Å². The van der Waals surface area contributed by atoms with Crippen LogP contribution in [0.25, 0.3) is 22.4 Å². The predicted molar refractivity (Wildman–Crippen MR) is 119 cm³/mol. The normalized spacial score (nSPS) is 18.3. The molecular weight excluding hydrogens is 358 g/mol. The molecule has 150 valence electrons. The van der Waals surface area contributed by atoms with Crippen molar-refractivity contribution < 1.29 is 0 Å². The second kappa shape index (κ2) is 7.56. The Hall–Kier alpha value is -2.79. The van der Waals surface area contributed by atoms with Crippen molar-refractivity contribution >= 4 is 5.95 Å². The molecule has 1 aromatic carbocycles. The summed E-state index contributed by atoms with van der Waals surface area (Å²) in [5.74, 6) is 0.692. The third-order valence-electron chi connectivity index (χ3n) is 5.35. The summed E-state index contributed by atoms with van der Waals surface area (Å²) in [5.41, 5.74) is 4.42. The second-order valence-corrected chi connectivity index (χ2v) is 9.23. The molecule has 0 atom stereocenters. The van der Waals surface area contributed by atoms with Crippen LogP contribution in [0.1, 0.15) is 40.5 Å². The van der Waals surface area contributed by atoms with Crippen molar-refractivity contribution in [1.82, 2.24) is 20.3 Å². The van der Waals surface area contributed by atoms with Gasteiger partial charge in [0, 0.05) is 41.3 Å². The molecule has 1 aliphatic heterocycles. The van der Waals surface area contributed by atoms with Crippen LogP contribution in [0.3, 0.4) is 0 Å². The second-order valence-electron chi connectivity index (χ2n) is 9.23. The van der Waals surface area contributed by atoms with Gasteiger partial charge in [-0.1, -0.05) is 30.3 Å². The maximum absolute atomic E-state index is 4.78. The molecule has 0 amide bonds. The molecule has 1 saturated heterocycles. The van der Waals surface area contributed by atoms with Crippen molar-refractivity contribution in [2.75, 3.05) is 5.32 Å². The van der Waals surface area contributed by atoms with Gasteiger partial charge in [0.1, 0.15) is 0 Å². The fourth-order valence-corrected chi connectivity index (χ4v) is 4.56. The lowest BCUT2D eigenvalue weighted by Gasteiger charge is -2.46. The SMILES string of the molecule is CC1(C)CC(Nc2nccc(-c3ccc(-c4cccnc4)cc3)n2)CC(C)(C)N1. The Morgan fingerprint density at radius 3 is 2.21 bits per heavy atom. The molecule has 0 spiro atoms. The van der Waals surface area contributed by atoms with Crippen molar-refractivity contribution in [2.24, 2.45) is 0 Å². The lowest BCUT2D eigenvalue weighted by atomic mass is 9.80. The number of pyridine rings is 1. The molecule has 5 heteroatoms. The first kappa shape index (κ1) is 19.5. The highest BCUT2D eigenvalue weighted by atomic mass is 15.1. The molecule has 29 heavy (non-hydrogen) atoms. The fraction of sp³-hybridized carbons (Fsp3) is 0.375. The Morgan fingerprint density at radius 1 is 0.862 bits per heavy atom. The molecule has 0 saturated carbocycles. The van der Waals surface area contributed by atoms with Crippen LogP contribution in [0.15, 0.2) is 61.1 Å². The van der Waals surface area contributed by atoms with Gasteiger partial charge in [-0.3, -0.25) is 4.98 Å². The summed E-state index contributed by atoms with van der Waals surface area (Å²) in [4.78, 5) is 13.4. The molecule has 4 rings (SSSR count). The van der Waals surface area contributed by atoms with E-state index in [-0.39, 0.29) is 11.1 Å². The molecule has 5 nitrogen and oxygen atoms in total. The molecule has 3 aromatic rings. The zero-order valence-electron chi connectivity index (χ0n) is 17.6. The van der Waals surface area contributed by atoms with Crippen LogP contribution in [0.5, 0.6) is 0 Å². The Balaban J connectivity index is 1.52. The summed E-state index contributed by atoms with van der Waals surface area (Å²) in [6.07, 6.45) is 7.56. The molecule has 1 aliphatic rings. The number of nitrogens with zero attached hydrogens (tertiary/aromatic N) is 3. The first-order valence-corrected chi connectivity index (χ1v) is 10.2. The van der Waals surface area contributed by atoms with E-state index < -0.39 is 0 Å². The summed E-state index contributed by atoms with van der Waals surface area (Å²) >= 11 is 0. The molecule has 3 heterocycles. The van der Waals surface area contributed by atoms with E-state index in [1.165, 1.54) is 0 Å². The predicted octanol–water partition coefficient (Wildman–Crippen LogP) is 4.93. The van der Waals surface area contributed by atoms with Crippen LogP contribution in [-0.4, -0.2) is 32.1 Å². The van der Waals surface area contributed by atoms with E-state index in [1.807, 2.05) is 24.5 Å². The molecular formula is C24H29N5. The minimum atomic E-state index is 0.0825. The fourth-order valence-electron chi connectivity index (χ4n) is 4.56. The highest BCUT2D eigenvalue weighted by molar-refractivity contribution is 5.68. The van der Waals surface area contributed by atoms with Gasteiger partial charge in [0.2, 0.25) is 5.95 Å². The van der Waals surface area contributed by atoms with Gasteiger partial charge >= 0.3 is 0 Å². The van der Waals surface area contributed by atoms with Crippen LogP contribution < -0.4 is 10.6 Å². The highest BCUT2D eigenvalue weighted by Crippen LogP contribution is 2.30. The number of hydrogen-bond donors (Lipinski definition) is 2. The number of benzene rings is 1. The Kier molecular flexibility index (Phi) is 5.09. The van der Waals surface area contributed by atoms with Crippen molar-refractivity contribution in [1.29, 1.82) is 0 Å². The minimum absolute atomic E-state index is 0.0825. The van der Waals surface area contributed by atoms with E-state index in [2.05, 4.69) is 78.6 Å². The number of piperidine rings is 1. The summed E-state index contributed by atoms with van der Waals surface area (Å²) in [7, 11) is 0. The molecule has 0 radical (unpaired) electrons. The number of anilines is 1. The number of rotatable bonds is 4. The lowest BCUT2D eigenvalue weighted by Crippen LogP contribution is -2.60. The van der Waals surface area contributed by atoms with Gasteiger partial charge in [-0.2, -0.15) is 0 Å². The topological polar surface area (TPSA) is 62.7 Å². The van der Waals surface area contributed by atoms with Gasteiger partial charge in [0.05, 0.1) is 5.69 Å². The summed E-state index contributed by atoms with van der Waals surface area (Å²) < 4.78 is 0. The number of nitrogens with one attached hydrogen (secondary N) is 2. The Morgan fingerprint density at radius 2 is 1.55 bits per heavy atom. The molecule has 2 aromatic heterocycles. The van der Waals surface area contributed by atoms with Crippen LogP contribution in [0, 0.1) is 0 Å². The lowest BCUT2D eigenvalue weighted by molar-refractivity contribution is 0.170. The summed E-state index contributed by atoms with van der Waals surface area (Å²) in [6, 6.07) is 14.7. The van der Waals surface area contributed by atoms with Crippen LogP contribution in [-0.2, 0) is 0 Å². The van der Waals surface area contributed by atoms with Crippen molar-refractivity contribution in [3.8, 4) is 22.4 Å².